The molecule has 0 amide bonds. The average Bonchev–Trinajstić information content (AvgIpc) is 3.25. The van der Waals surface area contributed by atoms with Crippen molar-refractivity contribution in [2.24, 2.45) is 35.0 Å². The van der Waals surface area contributed by atoms with E-state index in [9.17, 15) is 15.3 Å². The third-order valence-corrected chi connectivity index (χ3v) is 5.97. The summed E-state index contributed by atoms with van der Waals surface area (Å²) in [6.45, 7) is 19.7. The molecule has 1 heterocycles. The lowest BCUT2D eigenvalue weighted by atomic mass is 9.66. The summed E-state index contributed by atoms with van der Waals surface area (Å²) in [5.74, 6) is 1.99. The highest BCUT2D eigenvalue weighted by Gasteiger charge is 2.53. The van der Waals surface area contributed by atoms with Crippen molar-refractivity contribution in [3.05, 3.63) is 0 Å². The van der Waals surface area contributed by atoms with Gasteiger partial charge in [0.05, 0.1) is 25.7 Å². The second-order valence-corrected chi connectivity index (χ2v) is 10.3. The molecule has 1 fully saturated rings. The van der Waals surface area contributed by atoms with Crippen LogP contribution in [0.1, 0.15) is 62.3 Å². The number of aliphatic hydroxyl groups excluding tert-OH is 2. The van der Waals surface area contributed by atoms with Crippen LogP contribution in [0.2, 0.25) is 0 Å². The van der Waals surface area contributed by atoms with E-state index >= 15 is 0 Å². The topological polar surface area (TPSA) is 73.2 Å². The molecule has 3 N–H and O–H groups in total. The van der Waals surface area contributed by atoms with E-state index < -0.39 is 5.60 Å². The third kappa shape index (κ3) is 6.63. The van der Waals surface area contributed by atoms with Gasteiger partial charge in [0.25, 0.3) is 0 Å². The number of halogens is 1. The van der Waals surface area contributed by atoms with Gasteiger partial charge in [-0.1, -0.05) is 62.3 Å². The van der Waals surface area contributed by atoms with Crippen molar-refractivity contribution in [2.75, 3.05) is 25.7 Å². The van der Waals surface area contributed by atoms with Crippen LogP contribution in [0.15, 0.2) is 0 Å². The van der Waals surface area contributed by atoms with E-state index in [1.54, 1.807) is 0 Å². The largest absolute Gasteiger partial charge is 0.393 e. The number of alkyl halides is 1. The molecule has 1 aliphatic rings. The Labute approximate surface area is 166 Å². The molecule has 158 valence electrons. The minimum atomic E-state index is -1.17. The van der Waals surface area contributed by atoms with E-state index in [4.69, 9.17) is 16.3 Å². The van der Waals surface area contributed by atoms with Gasteiger partial charge in [0.2, 0.25) is 0 Å². The zero-order valence-electron chi connectivity index (χ0n) is 18.3. The zero-order valence-corrected chi connectivity index (χ0v) is 19.1. The summed E-state index contributed by atoms with van der Waals surface area (Å²) >= 11 is 5.74. The highest BCUT2D eigenvalue weighted by molar-refractivity contribution is 6.18. The van der Waals surface area contributed by atoms with E-state index in [0.717, 1.165) is 6.61 Å². The Balaban J connectivity index is 0.000000485. The quantitative estimate of drug-likeness (QED) is 0.430. The summed E-state index contributed by atoms with van der Waals surface area (Å²) < 4.78 is 5.38. The van der Waals surface area contributed by atoms with E-state index in [1.165, 1.54) is 0 Å². The molecule has 0 saturated carbocycles. The van der Waals surface area contributed by atoms with Crippen molar-refractivity contribution in [2.45, 2.75) is 73.5 Å². The summed E-state index contributed by atoms with van der Waals surface area (Å²) in [5, 5.41) is 28.6. The van der Waals surface area contributed by atoms with E-state index in [1.807, 2.05) is 13.8 Å². The van der Waals surface area contributed by atoms with Crippen LogP contribution in [0.5, 0.6) is 0 Å². The van der Waals surface area contributed by atoms with Gasteiger partial charge in [-0.15, -0.1) is 11.6 Å². The summed E-state index contributed by atoms with van der Waals surface area (Å²) in [4.78, 5) is 0. The minimum Gasteiger partial charge on any atom is -0.393 e. The lowest BCUT2D eigenvalue weighted by Gasteiger charge is -2.44. The molecule has 1 aliphatic heterocycles. The SMILES string of the molecule is CC(C)C(C(C)(C)C)C(O)(CO)CCl.CC(C)C(C(C)C)C1(CO)CO1. The van der Waals surface area contributed by atoms with Crippen LogP contribution in [0.4, 0.5) is 0 Å². The number of ether oxygens (including phenoxy) is 1. The highest BCUT2D eigenvalue weighted by atomic mass is 35.5. The van der Waals surface area contributed by atoms with Crippen LogP contribution in [-0.4, -0.2) is 52.2 Å². The standard InChI is InChI=1S/C11H23ClO2.C10H20O2/c1-8(2)9(10(3,4)5)11(14,6-12)7-13;1-7(2)9(8(3)4)10(5-11)6-12-10/h8-9,13-14H,6-7H2,1-5H3;7-9,11H,5-6H2,1-4H3. The second-order valence-electron chi connectivity index (χ2n) is 10.0. The molecule has 0 aliphatic carbocycles. The molecule has 5 heteroatoms. The Bertz CT molecular complexity index is 385. The molecule has 0 radical (unpaired) electrons. The Morgan fingerprint density at radius 3 is 1.46 bits per heavy atom. The molecule has 26 heavy (non-hydrogen) atoms. The van der Waals surface area contributed by atoms with Crippen molar-refractivity contribution in [1.29, 1.82) is 0 Å². The maximum atomic E-state index is 10.2. The van der Waals surface area contributed by atoms with Gasteiger partial charge in [0.15, 0.2) is 0 Å². The molecule has 3 atom stereocenters. The van der Waals surface area contributed by atoms with Crippen molar-refractivity contribution in [1.82, 2.24) is 0 Å². The van der Waals surface area contributed by atoms with Gasteiger partial charge in [-0.2, -0.15) is 0 Å². The first-order valence-electron chi connectivity index (χ1n) is 9.86. The van der Waals surface area contributed by atoms with Crippen molar-refractivity contribution >= 4 is 11.6 Å². The van der Waals surface area contributed by atoms with Crippen LogP contribution in [0.3, 0.4) is 0 Å². The monoisotopic (exact) mass is 394 g/mol. The molecular weight excluding hydrogens is 352 g/mol. The van der Waals surface area contributed by atoms with Crippen LogP contribution in [0, 0.1) is 35.0 Å². The Morgan fingerprint density at radius 2 is 1.38 bits per heavy atom. The Kier molecular flexibility index (Phi) is 10.1. The van der Waals surface area contributed by atoms with Gasteiger partial charge < -0.3 is 20.1 Å². The normalized spacial score (nSPS) is 23.9. The van der Waals surface area contributed by atoms with E-state index in [-0.39, 0.29) is 41.9 Å². The average molecular weight is 395 g/mol. The molecule has 1 saturated heterocycles. The van der Waals surface area contributed by atoms with Crippen LogP contribution in [-0.2, 0) is 4.74 Å². The first kappa shape index (κ1) is 26.1. The van der Waals surface area contributed by atoms with Gasteiger partial charge >= 0.3 is 0 Å². The van der Waals surface area contributed by atoms with Gasteiger partial charge in [0.1, 0.15) is 11.2 Å². The Hall–Kier alpha value is 0.130. The smallest absolute Gasteiger partial charge is 0.118 e. The molecular formula is C21H43ClO4. The number of hydrogen-bond acceptors (Lipinski definition) is 4. The maximum absolute atomic E-state index is 10.2. The minimum absolute atomic E-state index is 0.0162. The fourth-order valence-electron chi connectivity index (χ4n) is 5.12. The molecule has 0 aromatic rings. The van der Waals surface area contributed by atoms with Crippen LogP contribution >= 0.6 is 11.6 Å². The third-order valence-electron chi connectivity index (χ3n) is 5.51. The molecule has 3 unspecified atom stereocenters. The summed E-state index contributed by atoms with van der Waals surface area (Å²) in [7, 11) is 0. The zero-order chi connectivity index (χ0) is 20.9. The van der Waals surface area contributed by atoms with Crippen molar-refractivity contribution < 1.29 is 20.1 Å². The predicted octanol–water partition coefficient (Wildman–Crippen LogP) is 3.94. The van der Waals surface area contributed by atoms with E-state index in [0.29, 0.717) is 17.8 Å². The van der Waals surface area contributed by atoms with Crippen LogP contribution in [0.25, 0.3) is 0 Å². The number of rotatable bonds is 8. The first-order chi connectivity index (χ1) is 11.7. The fourth-order valence-corrected chi connectivity index (χ4v) is 5.37. The molecule has 0 aromatic heterocycles. The first-order valence-corrected chi connectivity index (χ1v) is 10.4. The van der Waals surface area contributed by atoms with Gasteiger partial charge in [-0.05, 0) is 35.0 Å². The molecule has 1 rings (SSSR count). The number of aliphatic hydroxyl groups is 3. The van der Waals surface area contributed by atoms with Gasteiger partial charge in [0, 0.05) is 0 Å². The van der Waals surface area contributed by atoms with Crippen molar-refractivity contribution in [3.63, 3.8) is 0 Å². The van der Waals surface area contributed by atoms with E-state index in [2.05, 4.69) is 48.5 Å². The Morgan fingerprint density at radius 1 is 0.962 bits per heavy atom. The lowest BCUT2D eigenvalue weighted by molar-refractivity contribution is -0.0973. The van der Waals surface area contributed by atoms with Crippen molar-refractivity contribution in [3.8, 4) is 0 Å². The number of epoxide rings is 1. The van der Waals surface area contributed by atoms with Gasteiger partial charge in [-0.3, -0.25) is 0 Å². The summed E-state index contributed by atoms with van der Waals surface area (Å²) in [6, 6.07) is 0. The molecule has 0 bridgehead atoms. The maximum Gasteiger partial charge on any atom is 0.118 e. The highest BCUT2D eigenvalue weighted by Crippen LogP contribution is 2.43. The summed E-state index contributed by atoms with van der Waals surface area (Å²) in [6.07, 6.45) is 0. The molecule has 0 aromatic carbocycles. The predicted molar refractivity (Wildman–Crippen MR) is 109 cm³/mol. The van der Waals surface area contributed by atoms with Crippen LogP contribution < -0.4 is 0 Å². The summed E-state index contributed by atoms with van der Waals surface area (Å²) in [5.41, 5.74) is -1.43. The molecule has 0 spiro atoms. The lowest BCUT2D eigenvalue weighted by Crippen LogP contribution is -2.51. The molecule has 4 nitrogen and oxygen atoms in total. The number of hydrogen-bond donors (Lipinski definition) is 3. The second kappa shape index (κ2) is 10.1. The fraction of sp³-hybridized carbons (Fsp3) is 1.00. The van der Waals surface area contributed by atoms with Gasteiger partial charge in [-0.25, -0.2) is 0 Å².